The third kappa shape index (κ3) is 2.07. The number of hydrogen-bond acceptors (Lipinski definition) is 5. The molecule has 6 heteroatoms. The van der Waals surface area contributed by atoms with Crippen LogP contribution in [-0.2, 0) is 0 Å². The molecule has 1 aliphatic carbocycles. The van der Waals surface area contributed by atoms with Gasteiger partial charge in [-0.1, -0.05) is 28.1 Å². The minimum atomic E-state index is -0.593. The summed E-state index contributed by atoms with van der Waals surface area (Å²) in [6, 6.07) is 7.21. The highest BCUT2D eigenvalue weighted by Crippen LogP contribution is 2.40. The molecule has 0 atom stereocenters. The van der Waals surface area contributed by atoms with Crippen LogP contribution in [0.15, 0.2) is 30.3 Å². The molecule has 112 valence electrons. The first-order valence-electron chi connectivity index (χ1n) is 6.52. The predicted molar refractivity (Wildman–Crippen MR) is 82.4 cm³/mol. The van der Waals surface area contributed by atoms with E-state index in [0.29, 0.717) is 11.9 Å². The minimum Gasteiger partial charge on any atom is -0.507 e. The summed E-state index contributed by atoms with van der Waals surface area (Å²) in [5.74, 6) is -1.55. The Morgan fingerprint density at radius 3 is 2.41 bits per heavy atom. The SMILES string of the molecule is O=C1c2cccc(O)c2C(=O)c2c1ccc(OCCBr)c2O. The highest BCUT2D eigenvalue weighted by molar-refractivity contribution is 9.09. The smallest absolute Gasteiger partial charge is 0.202 e. The minimum absolute atomic E-state index is 0.0899. The molecular formula is C16H11BrO5. The second-order valence-corrected chi connectivity index (χ2v) is 5.52. The molecule has 0 unspecified atom stereocenters. The molecule has 0 fully saturated rings. The van der Waals surface area contributed by atoms with Gasteiger partial charge in [-0.15, -0.1) is 0 Å². The van der Waals surface area contributed by atoms with E-state index >= 15 is 0 Å². The Kier molecular flexibility index (Phi) is 3.62. The second kappa shape index (κ2) is 5.46. The quantitative estimate of drug-likeness (QED) is 0.699. The van der Waals surface area contributed by atoms with Gasteiger partial charge in [0.25, 0.3) is 0 Å². The molecule has 0 amide bonds. The number of halogens is 1. The van der Waals surface area contributed by atoms with E-state index < -0.39 is 11.6 Å². The van der Waals surface area contributed by atoms with Gasteiger partial charge in [-0.3, -0.25) is 9.59 Å². The summed E-state index contributed by atoms with van der Waals surface area (Å²) in [5.41, 5.74) is 0.0110. The summed E-state index contributed by atoms with van der Waals surface area (Å²) >= 11 is 3.20. The van der Waals surface area contributed by atoms with Gasteiger partial charge < -0.3 is 14.9 Å². The predicted octanol–water partition coefficient (Wildman–Crippen LogP) is 2.65. The third-order valence-corrected chi connectivity index (χ3v) is 3.79. The maximum atomic E-state index is 12.6. The van der Waals surface area contributed by atoms with Crippen LogP contribution in [0.2, 0.25) is 0 Å². The number of benzene rings is 2. The summed E-state index contributed by atoms with van der Waals surface area (Å²) in [4.78, 5) is 25.0. The van der Waals surface area contributed by atoms with Crippen molar-refractivity contribution in [3.63, 3.8) is 0 Å². The van der Waals surface area contributed by atoms with Crippen molar-refractivity contribution in [1.82, 2.24) is 0 Å². The lowest BCUT2D eigenvalue weighted by molar-refractivity contribution is 0.0973. The van der Waals surface area contributed by atoms with E-state index in [9.17, 15) is 19.8 Å². The number of phenols is 2. The fourth-order valence-corrected chi connectivity index (χ4v) is 2.66. The Morgan fingerprint density at radius 2 is 1.68 bits per heavy atom. The summed E-state index contributed by atoms with van der Waals surface area (Å²) in [6.45, 7) is 0.302. The first kappa shape index (κ1) is 14.6. The van der Waals surface area contributed by atoms with Gasteiger partial charge in [0.2, 0.25) is 5.78 Å². The molecule has 0 saturated carbocycles. The van der Waals surface area contributed by atoms with Crippen molar-refractivity contribution in [3.05, 3.63) is 52.6 Å². The van der Waals surface area contributed by atoms with E-state index in [0.717, 1.165) is 0 Å². The average Bonchev–Trinajstić information content (AvgIpc) is 2.51. The highest BCUT2D eigenvalue weighted by atomic mass is 79.9. The van der Waals surface area contributed by atoms with Gasteiger partial charge in [0.1, 0.15) is 5.75 Å². The van der Waals surface area contributed by atoms with Crippen LogP contribution in [0.25, 0.3) is 0 Å². The van der Waals surface area contributed by atoms with Crippen LogP contribution in [0.3, 0.4) is 0 Å². The van der Waals surface area contributed by atoms with Gasteiger partial charge in [0, 0.05) is 16.5 Å². The van der Waals surface area contributed by atoms with Gasteiger partial charge >= 0.3 is 0 Å². The molecule has 2 aromatic carbocycles. The lowest BCUT2D eigenvalue weighted by Crippen LogP contribution is -2.21. The average molecular weight is 363 g/mol. The third-order valence-electron chi connectivity index (χ3n) is 3.46. The summed E-state index contributed by atoms with van der Waals surface area (Å²) in [5, 5.41) is 20.7. The zero-order valence-corrected chi connectivity index (χ0v) is 12.9. The molecule has 2 aromatic rings. The van der Waals surface area contributed by atoms with Crippen molar-refractivity contribution >= 4 is 27.5 Å². The van der Waals surface area contributed by atoms with Crippen molar-refractivity contribution in [3.8, 4) is 17.2 Å². The van der Waals surface area contributed by atoms with Crippen LogP contribution < -0.4 is 4.74 Å². The zero-order valence-electron chi connectivity index (χ0n) is 11.3. The van der Waals surface area contributed by atoms with Gasteiger partial charge in [-0.25, -0.2) is 0 Å². The van der Waals surface area contributed by atoms with Crippen LogP contribution >= 0.6 is 15.9 Å². The van der Waals surface area contributed by atoms with Gasteiger partial charge in [0.05, 0.1) is 17.7 Å². The van der Waals surface area contributed by atoms with E-state index in [1.165, 1.54) is 30.3 Å². The summed E-state index contributed by atoms with van der Waals surface area (Å²) in [6.07, 6.45) is 0. The van der Waals surface area contributed by atoms with Crippen molar-refractivity contribution in [1.29, 1.82) is 0 Å². The first-order valence-corrected chi connectivity index (χ1v) is 7.64. The summed E-state index contributed by atoms with van der Waals surface area (Å²) in [7, 11) is 0. The number of alkyl halides is 1. The van der Waals surface area contributed by atoms with Crippen molar-refractivity contribution in [2.24, 2.45) is 0 Å². The largest absolute Gasteiger partial charge is 0.507 e. The molecule has 0 aromatic heterocycles. The van der Waals surface area contributed by atoms with E-state index in [2.05, 4.69) is 15.9 Å². The molecule has 0 radical (unpaired) electrons. The number of phenolic OH excluding ortho intramolecular Hbond substituents is 2. The highest BCUT2D eigenvalue weighted by Gasteiger charge is 2.35. The van der Waals surface area contributed by atoms with Crippen LogP contribution in [0, 0.1) is 0 Å². The van der Waals surface area contributed by atoms with Crippen molar-refractivity contribution < 1.29 is 24.5 Å². The molecule has 2 N–H and O–H groups in total. The molecule has 3 rings (SSSR count). The molecule has 5 nitrogen and oxygen atoms in total. The monoisotopic (exact) mass is 362 g/mol. The summed E-state index contributed by atoms with van der Waals surface area (Å²) < 4.78 is 5.33. The van der Waals surface area contributed by atoms with E-state index in [1.807, 2.05) is 0 Å². The maximum absolute atomic E-state index is 12.6. The second-order valence-electron chi connectivity index (χ2n) is 4.73. The van der Waals surface area contributed by atoms with Crippen molar-refractivity contribution in [2.45, 2.75) is 0 Å². The number of rotatable bonds is 3. The van der Waals surface area contributed by atoms with Crippen molar-refractivity contribution in [2.75, 3.05) is 11.9 Å². The lowest BCUT2D eigenvalue weighted by Gasteiger charge is -2.20. The van der Waals surface area contributed by atoms with E-state index in [-0.39, 0.29) is 39.5 Å². The molecule has 0 bridgehead atoms. The zero-order chi connectivity index (χ0) is 15.9. The lowest BCUT2D eigenvalue weighted by atomic mass is 9.83. The van der Waals surface area contributed by atoms with E-state index in [1.54, 1.807) is 0 Å². The fraction of sp³-hybridized carbons (Fsp3) is 0.125. The molecule has 1 aliphatic rings. The van der Waals surface area contributed by atoms with Crippen LogP contribution in [-0.4, -0.2) is 33.7 Å². The molecule has 0 saturated heterocycles. The Balaban J connectivity index is 2.20. The number of ether oxygens (including phenoxy) is 1. The maximum Gasteiger partial charge on any atom is 0.202 e. The number of carbonyl (C=O) groups excluding carboxylic acids is 2. The standard InChI is InChI=1S/C16H11BrO5/c17-6-7-22-11-5-4-9-13(15(11)20)16(21)12-8(14(9)19)2-1-3-10(12)18/h1-5,18,20H,6-7H2. The molecule has 0 heterocycles. The van der Waals surface area contributed by atoms with Gasteiger partial charge in [-0.05, 0) is 18.2 Å². The normalized spacial score (nSPS) is 12.8. The first-order chi connectivity index (χ1) is 10.6. The van der Waals surface area contributed by atoms with Crippen LogP contribution in [0.1, 0.15) is 31.8 Å². The van der Waals surface area contributed by atoms with Crippen LogP contribution in [0.5, 0.6) is 17.2 Å². The topological polar surface area (TPSA) is 83.8 Å². The Hall–Kier alpha value is -2.34. The Bertz CT molecular complexity index is 797. The number of fused-ring (bicyclic) bond motifs is 2. The van der Waals surface area contributed by atoms with Gasteiger partial charge in [0.15, 0.2) is 17.3 Å². The number of aromatic hydroxyl groups is 2. The van der Waals surface area contributed by atoms with E-state index in [4.69, 9.17) is 4.74 Å². The number of carbonyl (C=O) groups is 2. The molecule has 22 heavy (non-hydrogen) atoms. The Morgan fingerprint density at radius 1 is 0.955 bits per heavy atom. The number of ketones is 2. The molecule has 0 spiro atoms. The van der Waals surface area contributed by atoms with Gasteiger partial charge in [-0.2, -0.15) is 0 Å². The Labute approximate surface area is 134 Å². The number of hydrogen-bond donors (Lipinski definition) is 2. The van der Waals surface area contributed by atoms with Crippen LogP contribution in [0.4, 0.5) is 0 Å². The molecular weight excluding hydrogens is 352 g/mol. The fourth-order valence-electron chi connectivity index (χ4n) is 2.49. The molecule has 0 aliphatic heterocycles.